The second-order valence-electron chi connectivity index (χ2n) is 6.11. The van der Waals surface area contributed by atoms with E-state index in [4.69, 9.17) is 5.26 Å². The van der Waals surface area contributed by atoms with Crippen LogP contribution >= 0.6 is 0 Å². The van der Waals surface area contributed by atoms with Gasteiger partial charge in [-0.2, -0.15) is 5.26 Å². The van der Waals surface area contributed by atoms with Crippen LogP contribution in [0.1, 0.15) is 35.7 Å². The molecular weight excluding hydrogens is 302 g/mol. The van der Waals surface area contributed by atoms with Crippen molar-refractivity contribution >= 4 is 5.91 Å². The minimum Gasteiger partial charge on any atom is -0.347 e. The molecule has 0 saturated carbocycles. The first-order valence-electron chi connectivity index (χ1n) is 8.16. The maximum atomic E-state index is 12.5. The Morgan fingerprint density at radius 3 is 2.96 bits per heavy atom. The maximum absolute atomic E-state index is 12.5. The lowest BCUT2D eigenvalue weighted by Crippen LogP contribution is -2.41. The molecule has 2 atom stereocenters. The summed E-state index contributed by atoms with van der Waals surface area (Å²) >= 11 is 0. The number of hydrogen-bond acceptors (Lipinski definition) is 4. The molecule has 0 radical (unpaired) electrons. The van der Waals surface area contributed by atoms with E-state index in [2.05, 4.69) is 21.4 Å². The fourth-order valence-electron chi connectivity index (χ4n) is 3.08. The molecule has 1 aliphatic heterocycles. The summed E-state index contributed by atoms with van der Waals surface area (Å²) in [6.07, 6.45) is 5.05. The van der Waals surface area contributed by atoms with E-state index < -0.39 is 0 Å². The summed E-state index contributed by atoms with van der Waals surface area (Å²) in [6, 6.07) is 9.98. The molecule has 1 fully saturated rings. The summed E-state index contributed by atoms with van der Waals surface area (Å²) in [5.74, 6) is -0.0318. The van der Waals surface area contributed by atoms with Gasteiger partial charge in [-0.3, -0.25) is 10.1 Å². The lowest BCUT2D eigenvalue weighted by Gasteiger charge is -2.23. The first kappa shape index (κ1) is 16.2. The van der Waals surface area contributed by atoms with Crippen molar-refractivity contribution in [2.75, 3.05) is 13.1 Å². The number of nitriles is 1. The summed E-state index contributed by atoms with van der Waals surface area (Å²) < 4.78 is 0. The normalized spacial score (nSPS) is 18.3. The Morgan fingerprint density at radius 2 is 2.29 bits per heavy atom. The average Bonchev–Trinajstić information content (AvgIpc) is 3.27. The second-order valence-corrected chi connectivity index (χ2v) is 6.11. The fraction of sp³-hybridized carbons (Fsp3) is 0.389. The minimum atomic E-state index is -0.288. The van der Waals surface area contributed by atoms with Crippen molar-refractivity contribution in [1.29, 1.82) is 5.26 Å². The van der Waals surface area contributed by atoms with Crippen LogP contribution < -0.4 is 5.32 Å². The third-order valence-electron chi connectivity index (χ3n) is 4.42. The van der Waals surface area contributed by atoms with Crippen LogP contribution in [-0.2, 0) is 4.79 Å². The van der Waals surface area contributed by atoms with Crippen molar-refractivity contribution < 1.29 is 4.79 Å². The van der Waals surface area contributed by atoms with E-state index in [1.807, 2.05) is 31.2 Å². The van der Waals surface area contributed by atoms with Crippen LogP contribution in [0.3, 0.4) is 0 Å². The van der Waals surface area contributed by atoms with E-state index in [1.54, 1.807) is 17.4 Å². The minimum absolute atomic E-state index is 0.0318. The highest BCUT2D eigenvalue weighted by atomic mass is 16.2. The Balaban J connectivity index is 1.72. The number of benzene rings is 1. The van der Waals surface area contributed by atoms with Crippen molar-refractivity contribution in [2.45, 2.75) is 31.8 Å². The van der Waals surface area contributed by atoms with Gasteiger partial charge in [0.2, 0.25) is 5.91 Å². The average molecular weight is 323 g/mol. The van der Waals surface area contributed by atoms with Crippen molar-refractivity contribution in [3.8, 4) is 6.07 Å². The quantitative estimate of drug-likeness (QED) is 0.880. The van der Waals surface area contributed by atoms with Gasteiger partial charge in [0, 0.05) is 12.7 Å². The largest absolute Gasteiger partial charge is 0.347 e. The second kappa shape index (κ2) is 7.28. The van der Waals surface area contributed by atoms with Gasteiger partial charge in [-0.15, -0.1) is 0 Å². The number of aryl methyl sites for hydroxylation is 1. The molecule has 0 spiro atoms. The highest BCUT2D eigenvalue weighted by molar-refractivity contribution is 5.79. The summed E-state index contributed by atoms with van der Waals surface area (Å²) in [5.41, 5.74) is 3.16. The molecule has 6 heteroatoms. The molecular formula is C18H21N5O. The Kier molecular flexibility index (Phi) is 4.92. The monoisotopic (exact) mass is 323 g/mol. The number of nitrogens with one attached hydrogen (secondary N) is 2. The molecule has 2 unspecified atom stereocenters. The molecule has 1 saturated heterocycles. The summed E-state index contributed by atoms with van der Waals surface area (Å²) in [6.45, 7) is 2.90. The molecule has 1 aliphatic rings. The lowest BCUT2D eigenvalue weighted by molar-refractivity contribution is -0.130. The van der Waals surface area contributed by atoms with Gasteiger partial charge in [0.05, 0.1) is 30.7 Å². The SMILES string of the molecule is Cc1ccc(C(NCC(=O)N2CCCC2C#N)c2cnc[nH]2)cc1. The number of rotatable bonds is 5. The summed E-state index contributed by atoms with van der Waals surface area (Å²) in [7, 11) is 0. The summed E-state index contributed by atoms with van der Waals surface area (Å²) in [5, 5.41) is 12.4. The van der Waals surface area contributed by atoms with Crippen LogP contribution in [0.15, 0.2) is 36.8 Å². The zero-order chi connectivity index (χ0) is 16.9. The first-order chi connectivity index (χ1) is 11.7. The fourth-order valence-corrected chi connectivity index (χ4v) is 3.08. The van der Waals surface area contributed by atoms with Crippen LogP contribution in [0.2, 0.25) is 0 Å². The lowest BCUT2D eigenvalue weighted by atomic mass is 10.0. The van der Waals surface area contributed by atoms with E-state index in [1.165, 1.54) is 5.56 Å². The number of aromatic nitrogens is 2. The zero-order valence-corrected chi connectivity index (χ0v) is 13.7. The number of H-pyrrole nitrogens is 1. The van der Waals surface area contributed by atoms with Gasteiger partial charge < -0.3 is 9.88 Å². The highest BCUT2D eigenvalue weighted by Crippen LogP contribution is 2.21. The summed E-state index contributed by atoms with van der Waals surface area (Å²) in [4.78, 5) is 21.3. The molecule has 1 aromatic heterocycles. The van der Waals surface area contributed by atoms with E-state index in [-0.39, 0.29) is 24.5 Å². The molecule has 6 nitrogen and oxygen atoms in total. The number of carbonyl (C=O) groups is 1. The Bertz CT molecular complexity index is 717. The van der Waals surface area contributed by atoms with Crippen molar-refractivity contribution in [3.63, 3.8) is 0 Å². The predicted molar refractivity (Wildman–Crippen MR) is 90.0 cm³/mol. The highest BCUT2D eigenvalue weighted by Gasteiger charge is 2.28. The van der Waals surface area contributed by atoms with Gasteiger partial charge in [0.15, 0.2) is 0 Å². The number of imidazole rings is 1. The number of aromatic amines is 1. The molecule has 3 rings (SSSR count). The third kappa shape index (κ3) is 3.47. The Hall–Kier alpha value is -2.65. The van der Waals surface area contributed by atoms with E-state index in [0.717, 1.165) is 24.1 Å². The third-order valence-corrected chi connectivity index (χ3v) is 4.42. The van der Waals surface area contributed by atoms with Gasteiger partial charge in [0.25, 0.3) is 0 Å². The van der Waals surface area contributed by atoms with Crippen LogP contribution in [0, 0.1) is 18.3 Å². The van der Waals surface area contributed by atoms with Crippen LogP contribution in [0.25, 0.3) is 0 Å². The van der Waals surface area contributed by atoms with Gasteiger partial charge in [-0.05, 0) is 25.3 Å². The molecule has 0 bridgehead atoms. The Labute approximate surface area is 141 Å². The topological polar surface area (TPSA) is 84.8 Å². The standard InChI is InChI=1S/C18H21N5O/c1-13-4-6-14(7-5-13)18(16-10-20-12-22-16)21-11-17(24)23-8-2-3-15(23)9-19/h4-7,10,12,15,18,21H,2-3,8,11H2,1H3,(H,20,22). The van der Waals surface area contributed by atoms with Crippen LogP contribution in [-0.4, -0.2) is 39.9 Å². The van der Waals surface area contributed by atoms with Crippen molar-refractivity contribution in [2.24, 2.45) is 0 Å². The number of amides is 1. The van der Waals surface area contributed by atoms with E-state index in [9.17, 15) is 4.79 Å². The molecule has 24 heavy (non-hydrogen) atoms. The molecule has 0 aliphatic carbocycles. The van der Waals surface area contributed by atoms with Crippen LogP contribution in [0.5, 0.6) is 0 Å². The van der Waals surface area contributed by atoms with Crippen LogP contribution in [0.4, 0.5) is 0 Å². The predicted octanol–water partition coefficient (Wildman–Crippen LogP) is 1.91. The smallest absolute Gasteiger partial charge is 0.237 e. The molecule has 2 heterocycles. The number of carbonyl (C=O) groups excluding carboxylic acids is 1. The van der Waals surface area contributed by atoms with Gasteiger partial charge in [-0.1, -0.05) is 29.8 Å². The number of nitrogens with zero attached hydrogens (tertiary/aromatic N) is 3. The van der Waals surface area contributed by atoms with Gasteiger partial charge >= 0.3 is 0 Å². The van der Waals surface area contributed by atoms with Crippen molar-refractivity contribution in [3.05, 3.63) is 53.6 Å². The molecule has 1 amide bonds. The molecule has 2 aromatic rings. The molecule has 1 aromatic carbocycles. The van der Waals surface area contributed by atoms with Gasteiger partial charge in [-0.25, -0.2) is 4.98 Å². The van der Waals surface area contributed by atoms with Crippen molar-refractivity contribution in [1.82, 2.24) is 20.2 Å². The van der Waals surface area contributed by atoms with Gasteiger partial charge in [0.1, 0.15) is 6.04 Å². The number of hydrogen-bond donors (Lipinski definition) is 2. The number of likely N-dealkylation sites (tertiary alicyclic amines) is 1. The van der Waals surface area contributed by atoms with E-state index in [0.29, 0.717) is 6.54 Å². The maximum Gasteiger partial charge on any atom is 0.237 e. The van der Waals surface area contributed by atoms with E-state index >= 15 is 0 Å². The molecule has 2 N–H and O–H groups in total. The zero-order valence-electron chi connectivity index (χ0n) is 13.7. The Morgan fingerprint density at radius 1 is 1.50 bits per heavy atom. The first-order valence-corrected chi connectivity index (χ1v) is 8.16. The molecule has 124 valence electrons.